The third kappa shape index (κ3) is 5.94. The second-order valence-corrected chi connectivity index (χ2v) is 13.4. The number of Topliss-reactive ketones (excluding diaryl/α,β-unsaturated/α-hetero) is 1. The highest BCUT2D eigenvalue weighted by Crippen LogP contribution is 2.42. The summed E-state index contributed by atoms with van der Waals surface area (Å²) in [5.74, 6) is -1.91. The Kier molecular flexibility index (Phi) is 8.71. The van der Waals surface area contributed by atoms with Gasteiger partial charge in [-0.1, -0.05) is 42.8 Å². The van der Waals surface area contributed by atoms with E-state index in [1.54, 1.807) is 50.2 Å². The van der Waals surface area contributed by atoms with E-state index in [2.05, 4.69) is 22.9 Å². The predicted octanol–water partition coefficient (Wildman–Crippen LogP) is 7.81. The summed E-state index contributed by atoms with van der Waals surface area (Å²) >= 11 is 9.95. The van der Waals surface area contributed by atoms with Gasteiger partial charge in [-0.2, -0.15) is 0 Å². The number of hydrogen-bond acceptors (Lipinski definition) is 8. The van der Waals surface area contributed by atoms with E-state index >= 15 is 0 Å². The van der Waals surface area contributed by atoms with Crippen LogP contribution in [0.15, 0.2) is 59.1 Å². The standard InChI is InChI=1S/C35H29BrClN3O7/c1-17-4-11-23-25(12-17)34(43)39(33(23)42)22-9-7-20(8-10-22)28-15-26(24-14-27(36)31(37)19(3)32(24)38-28)35(44)47-16-30(41)21-6-5-18(2)29(13-21)40(45)46/h5-10,13-15,17,23,25H,4,11-12,16H2,1-3H3. The lowest BCUT2D eigenvalue weighted by molar-refractivity contribution is -0.385. The van der Waals surface area contributed by atoms with E-state index in [0.717, 1.165) is 12.5 Å². The van der Waals surface area contributed by atoms with Crippen molar-refractivity contribution in [1.82, 2.24) is 4.98 Å². The fourth-order valence-corrected chi connectivity index (χ4v) is 7.14. The number of pyridine rings is 1. The Morgan fingerprint density at radius 3 is 2.45 bits per heavy atom. The summed E-state index contributed by atoms with van der Waals surface area (Å²) < 4.78 is 5.97. The molecule has 1 saturated heterocycles. The number of fused-ring (bicyclic) bond motifs is 2. The minimum Gasteiger partial charge on any atom is -0.454 e. The molecule has 1 aliphatic carbocycles. The highest BCUT2D eigenvalue weighted by atomic mass is 79.9. The molecule has 4 aromatic rings. The van der Waals surface area contributed by atoms with E-state index in [1.807, 2.05) is 0 Å². The van der Waals surface area contributed by atoms with Crippen molar-refractivity contribution in [1.29, 1.82) is 0 Å². The van der Waals surface area contributed by atoms with Crippen LogP contribution in [0.1, 0.15) is 58.0 Å². The van der Waals surface area contributed by atoms with Crippen molar-refractivity contribution in [3.63, 3.8) is 0 Å². The number of anilines is 1. The van der Waals surface area contributed by atoms with Crippen molar-refractivity contribution in [2.24, 2.45) is 17.8 Å². The van der Waals surface area contributed by atoms with Crippen LogP contribution in [0.5, 0.6) is 0 Å². The molecular weight excluding hydrogens is 690 g/mol. The maximum atomic E-state index is 13.5. The molecule has 2 amide bonds. The number of ether oxygens (including phenoxy) is 1. The summed E-state index contributed by atoms with van der Waals surface area (Å²) in [7, 11) is 0. The van der Waals surface area contributed by atoms with Crippen LogP contribution in [0.4, 0.5) is 11.4 Å². The first-order chi connectivity index (χ1) is 22.3. The van der Waals surface area contributed by atoms with Crippen LogP contribution in [0.25, 0.3) is 22.2 Å². The number of halogens is 2. The number of benzene rings is 3. The predicted molar refractivity (Wildman–Crippen MR) is 180 cm³/mol. The van der Waals surface area contributed by atoms with Crippen LogP contribution in [-0.2, 0) is 14.3 Å². The fourth-order valence-electron chi connectivity index (χ4n) is 6.47. The fraction of sp³-hybridized carbons (Fsp3) is 0.286. The van der Waals surface area contributed by atoms with Gasteiger partial charge in [0.05, 0.1) is 44.2 Å². The summed E-state index contributed by atoms with van der Waals surface area (Å²) in [6.07, 6.45) is 2.34. The minimum atomic E-state index is -0.802. The van der Waals surface area contributed by atoms with Crippen LogP contribution in [0, 0.1) is 41.7 Å². The van der Waals surface area contributed by atoms with Gasteiger partial charge in [-0.25, -0.2) is 9.78 Å². The van der Waals surface area contributed by atoms with Crippen molar-refractivity contribution < 1.29 is 28.8 Å². The molecule has 0 N–H and O–H groups in total. The quantitative estimate of drug-likeness (QED) is 0.0621. The molecule has 1 aromatic heterocycles. The van der Waals surface area contributed by atoms with E-state index in [1.165, 1.54) is 17.0 Å². The van der Waals surface area contributed by atoms with Crippen LogP contribution >= 0.6 is 27.5 Å². The Balaban J connectivity index is 1.31. The molecule has 6 rings (SSSR count). The van der Waals surface area contributed by atoms with Crippen molar-refractivity contribution in [2.75, 3.05) is 11.5 Å². The normalized spacial score (nSPS) is 19.2. The number of hydrogen-bond donors (Lipinski definition) is 0. The lowest BCUT2D eigenvalue weighted by Crippen LogP contribution is -2.30. The number of nitro groups is 1. The Morgan fingerprint density at radius 2 is 1.74 bits per heavy atom. The van der Waals surface area contributed by atoms with Crippen molar-refractivity contribution in [3.05, 3.63) is 96.5 Å². The smallest absolute Gasteiger partial charge is 0.339 e. The first-order valence-corrected chi connectivity index (χ1v) is 16.3. The maximum Gasteiger partial charge on any atom is 0.339 e. The molecule has 240 valence electrons. The number of nitro benzene ring substituents is 1. The number of carbonyl (C=O) groups is 4. The molecule has 1 saturated carbocycles. The van der Waals surface area contributed by atoms with Gasteiger partial charge in [-0.15, -0.1) is 0 Å². The second kappa shape index (κ2) is 12.6. The molecule has 0 spiro atoms. The molecule has 2 heterocycles. The third-order valence-electron chi connectivity index (χ3n) is 9.11. The molecule has 0 bridgehead atoms. The molecule has 3 aromatic carbocycles. The summed E-state index contributed by atoms with van der Waals surface area (Å²) in [6, 6.07) is 14.1. The number of esters is 1. The lowest BCUT2D eigenvalue weighted by atomic mass is 9.76. The zero-order valence-electron chi connectivity index (χ0n) is 25.7. The monoisotopic (exact) mass is 717 g/mol. The molecule has 12 heteroatoms. The molecule has 2 fully saturated rings. The van der Waals surface area contributed by atoms with Crippen molar-refractivity contribution in [2.45, 2.75) is 40.0 Å². The largest absolute Gasteiger partial charge is 0.454 e. The van der Waals surface area contributed by atoms with Gasteiger partial charge in [0, 0.05) is 32.6 Å². The number of aromatic nitrogens is 1. The lowest BCUT2D eigenvalue weighted by Gasteiger charge is -2.25. The molecule has 0 radical (unpaired) electrons. The van der Waals surface area contributed by atoms with Gasteiger partial charge in [0.25, 0.3) is 5.69 Å². The number of carbonyl (C=O) groups excluding carboxylic acids is 4. The van der Waals surface area contributed by atoms with Crippen molar-refractivity contribution >= 4 is 73.4 Å². The van der Waals surface area contributed by atoms with Crippen LogP contribution in [0.3, 0.4) is 0 Å². The van der Waals surface area contributed by atoms with Crippen molar-refractivity contribution in [3.8, 4) is 11.3 Å². The number of ketones is 1. The Bertz CT molecular complexity index is 2010. The summed E-state index contributed by atoms with van der Waals surface area (Å²) in [5, 5.41) is 12.2. The number of amides is 2. The Hall–Kier alpha value is -4.48. The van der Waals surface area contributed by atoms with Gasteiger partial charge in [-0.05, 0) is 84.8 Å². The maximum absolute atomic E-state index is 13.5. The van der Waals surface area contributed by atoms with E-state index in [4.69, 9.17) is 21.3 Å². The van der Waals surface area contributed by atoms with Crippen LogP contribution in [-0.4, -0.2) is 40.1 Å². The second-order valence-electron chi connectivity index (χ2n) is 12.2. The van der Waals surface area contributed by atoms with E-state index in [-0.39, 0.29) is 40.5 Å². The molecule has 2 aliphatic rings. The summed E-state index contributed by atoms with van der Waals surface area (Å²) in [5.41, 5.74) is 2.90. The molecule has 3 unspecified atom stereocenters. The molecule has 10 nitrogen and oxygen atoms in total. The number of aryl methyl sites for hydroxylation is 2. The average molecular weight is 719 g/mol. The van der Waals surface area contributed by atoms with E-state index < -0.39 is 23.3 Å². The number of rotatable bonds is 7. The Labute approximate surface area is 283 Å². The molecule has 3 atom stereocenters. The first-order valence-electron chi connectivity index (χ1n) is 15.1. The zero-order chi connectivity index (χ0) is 33.7. The zero-order valence-corrected chi connectivity index (χ0v) is 28.1. The van der Waals surface area contributed by atoms with Gasteiger partial charge in [0.1, 0.15) is 0 Å². The van der Waals surface area contributed by atoms with Crippen LogP contribution < -0.4 is 4.90 Å². The molecule has 47 heavy (non-hydrogen) atoms. The van der Waals surface area contributed by atoms with Gasteiger partial charge in [-0.3, -0.25) is 29.4 Å². The Morgan fingerprint density at radius 1 is 1.04 bits per heavy atom. The highest BCUT2D eigenvalue weighted by Gasteiger charge is 2.50. The van der Waals surface area contributed by atoms with Gasteiger partial charge >= 0.3 is 5.97 Å². The first kappa shape index (κ1) is 32.5. The van der Waals surface area contributed by atoms with E-state index in [9.17, 15) is 29.3 Å². The average Bonchev–Trinajstić information content (AvgIpc) is 3.30. The van der Waals surface area contributed by atoms with E-state index in [0.29, 0.717) is 67.2 Å². The highest BCUT2D eigenvalue weighted by molar-refractivity contribution is 9.10. The topological polar surface area (TPSA) is 137 Å². The van der Waals surface area contributed by atoms with Gasteiger partial charge in [0.2, 0.25) is 17.6 Å². The van der Waals surface area contributed by atoms with Gasteiger partial charge in [0.15, 0.2) is 6.61 Å². The third-order valence-corrected chi connectivity index (χ3v) is 10.5. The summed E-state index contributed by atoms with van der Waals surface area (Å²) in [6.45, 7) is 4.80. The van der Waals surface area contributed by atoms with Crippen LogP contribution in [0.2, 0.25) is 5.02 Å². The minimum absolute atomic E-state index is 0.0459. The molecular formula is C35H29BrClN3O7. The SMILES string of the molecule is Cc1ccc(C(=O)COC(=O)c2cc(-c3ccc(N4C(=O)C5CCC(C)CC5C4=O)cc3)nc3c(C)c(Cl)c(Br)cc23)cc1[N+](=O)[O-]. The molecule has 1 aliphatic heterocycles. The van der Waals surface area contributed by atoms with Gasteiger partial charge < -0.3 is 4.74 Å². The number of nitrogens with zero attached hydrogens (tertiary/aromatic N) is 3. The summed E-state index contributed by atoms with van der Waals surface area (Å²) in [4.78, 5) is 69.7. The number of imide groups is 1.